The SMILES string of the molecule is CC(C)Cc1sc(Br)nc1-c1ccc(OC(F)(F)P)c(Cl)c1. The van der Waals surface area contributed by atoms with Gasteiger partial charge in [-0.2, -0.15) is 8.78 Å². The fourth-order valence-corrected chi connectivity index (χ4v) is 4.06. The van der Waals surface area contributed by atoms with Crippen LogP contribution in [0.4, 0.5) is 8.78 Å². The minimum absolute atomic E-state index is 0.0647. The monoisotopic (exact) mass is 427 g/mol. The van der Waals surface area contributed by atoms with Gasteiger partial charge in [-0.15, -0.1) is 11.3 Å². The number of ether oxygens (including phenoxy) is 1. The zero-order valence-electron chi connectivity index (χ0n) is 11.9. The molecule has 1 unspecified atom stereocenters. The highest BCUT2D eigenvalue weighted by atomic mass is 79.9. The number of halogens is 4. The van der Waals surface area contributed by atoms with Crippen molar-refractivity contribution in [2.24, 2.45) is 5.92 Å². The molecule has 8 heteroatoms. The zero-order chi connectivity index (χ0) is 16.5. The minimum atomic E-state index is -3.35. The van der Waals surface area contributed by atoms with Crippen LogP contribution in [-0.2, 0) is 6.42 Å². The molecule has 1 atom stereocenters. The maximum absolute atomic E-state index is 12.9. The summed E-state index contributed by atoms with van der Waals surface area (Å²) in [5, 5.41) is 0.124. The van der Waals surface area contributed by atoms with Crippen LogP contribution in [0.25, 0.3) is 11.3 Å². The first-order chi connectivity index (χ1) is 10.2. The predicted octanol–water partition coefficient (Wildman–Crippen LogP) is 6.23. The van der Waals surface area contributed by atoms with Crippen molar-refractivity contribution in [1.29, 1.82) is 0 Å². The number of alkyl halides is 2. The summed E-state index contributed by atoms with van der Waals surface area (Å²) in [6.45, 7) is 4.25. The third-order valence-corrected chi connectivity index (χ3v) is 4.66. The lowest BCUT2D eigenvalue weighted by Crippen LogP contribution is -2.14. The van der Waals surface area contributed by atoms with Crippen molar-refractivity contribution >= 4 is 48.1 Å². The fraction of sp³-hybridized carbons (Fsp3) is 0.357. The van der Waals surface area contributed by atoms with Crippen LogP contribution in [0.1, 0.15) is 18.7 Å². The normalized spacial score (nSPS) is 12.0. The number of nitrogens with zero attached hydrogens (tertiary/aromatic N) is 1. The second kappa shape index (κ2) is 7.08. The van der Waals surface area contributed by atoms with E-state index in [-0.39, 0.29) is 10.8 Å². The standard InChI is InChI=1S/C14H14BrClF2NOPS/c1-7(2)5-11-12(19-13(15)22-11)8-3-4-10(9(16)6-8)20-14(17,18)21/h3-4,6-7H,5,21H2,1-2H3. The zero-order valence-corrected chi connectivity index (χ0v) is 16.2. The number of aromatic nitrogens is 1. The van der Waals surface area contributed by atoms with E-state index in [9.17, 15) is 8.78 Å². The molecule has 2 aromatic rings. The molecular formula is C14H14BrClF2NOPS. The molecule has 0 radical (unpaired) electrons. The average molecular weight is 429 g/mol. The molecule has 2 nitrogen and oxygen atoms in total. The van der Waals surface area contributed by atoms with E-state index in [1.165, 1.54) is 15.3 Å². The molecule has 0 spiro atoms. The van der Waals surface area contributed by atoms with Crippen molar-refractivity contribution in [2.75, 3.05) is 0 Å². The molecule has 1 aromatic carbocycles. The smallest absolute Gasteiger partial charge is 0.408 e. The number of thiazole rings is 1. The van der Waals surface area contributed by atoms with Gasteiger partial charge in [0.15, 0.2) is 3.92 Å². The van der Waals surface area contributed by atoms with E-state index in [4.69, 9.17) is 11.6 Å². The Hall–Kier alpha value is -0.290. The third-order valence-electron chi connectivity index (χ3n) is 2.72. The Morgan fingerprint density at radius 2 is 2.14 bits per heavy atom. The molecule has 120 valence electrons. The number of hydrogen-bond donors (Lipinski definition) is 0. The van der Waals surface area contributed by atoms with Gasteiger partial charge in [-0.25, -0.2) is 4.98 Å². The lowest BCUT2D eigenvalue weighted by atomic mass is 10.0. The van der Waals surface area contributed by atoms with Crippen LogP contribution in [0.5, 0.6) is 5.75 Å². The van der Waals surface area contributed by atoms with Crippen molar-refractivity contribution in [3.63, 3.8) is 0 Å². The van der Waals surface area contributed by atoms with E-state index in [2.05, 4.69) is 39.5 Å². The van der Waals surface area contributed by atoms with Gasteiger partial charge in [-0.3, -0.25) is 0 Å². The first-order valence-electron chi connectivity index (χ1n) is 6.46. The average Bonchev–Trinajstić information content (AvgIpc) is 2.70. The van der Waals surface area contributed by atoms with E-state index in [1.807, 2.05) is 0 Å². The molecule has 0 amide bonds. The first-order valence-corrected chi connectivity index (χ1v) is 9.03. The van der Waals surface area contributed by atoms with Gasteiger partial charge in [0.25, 0.3) is 0 Å². The number of hydrogen-bond acceptors (Lipinski definition) is 3. The molecule has 2 rings (SSSR count). The predicted molar refractivity (Wildman–Crippen MR) is 94.1 cm³/mol. The topological polar surface area (TPSA) is 22.1 Å². The van der Waals surface area contributed by atoms with Gasteiger partial charge >= 0.3 is 5.85 Å². The summed E-state index contributed by atoms with van der Waals surface area (Å²) in [5.41, 5.74) is 1.60. The van der Waals surface area contributed by atoms with Crippen molar-refractivity contribution in [3.05, 3.63) is 32.0 Å². The summed E-state index contributed by atoms with van der Waals surface area (Å²) >= 11 is 11.0. The van der Waals surface area contributed by atoms with Crippen LogP contribution in [0.15, 0.2) is 22.1 Å². The Morgan fingerprint density at radius 1 is 1.45 bits per heavy atom. The highest BCUT2D eigenvalue weighted by Gasteiger charge is 2.25. The maximum atomic E-state index is 12.9. The minimum Gasteiger partial charge on any atom is -0.428 e. The lowest BCUT2D eigenvalue weighted by molar-refractivity contribution is -0.0891. The maximum Gasteiger partial charge on any atom is 0.408 e. The second-order valence-corrected chi connectivity index (χ2v) is 8.58. The summed E-state index contributed by atoms with van der Waals surface area (Å²) in [7, 11) is 1.32. The van der Waals surface area contributed by atoms with Gasteiger partial charge in [-0.05, 0) is 55.7 Å². The molecule has 1 heterocycles. The van der Waals surface area contributed by atoms with Crippen molar-refractivity contribution in [3.8, 4) is 17.0 Å². The molecule has 0 saturated carbocycles. The first kappa shape index (κ1) is 18.1. The summed E-state index contributed by atoms with van der Waals surface area (Å²) in [5.74, 6) is -2.93. The van der Waals surface area contributed by atoms with Gasteiger partial charge in [0, 0.05) is 10.4 Å². The van der Waals surface area contributed by atoms with Crippen LogP contribution in [0.2, 0.25) is 5.02 Å². The largest absolute Gasteiger partial charge is 0.428 e. The molecule has 1 aromatic heterocycles. The van der Waals surface area contributed by atoms with Gasteiger partial charge in [-0.1, -0.05) is 25.4 Å². The molecule has 0 bridgehead atoms. The summed E-state index contributed by atoms with van der Waals surface area (Å²) in [6, 6.07) is 4.71. The van der Waals surface area contributed by atoms with Crippen LogP contribution in [0, 0.1) is 5.92 Å². The van der Waals surface area contributed by atoms with Gasteiger partial charge in [0.05, 0.1) is 10.7 Å². The summed E-state index contributed by atoms with van der Waals surface area (Å²) in [6.07, 6.45) is 0.887. The van der Waals surface area contributed by atoms with Crippen LogP contribution in [0.3, 0.4) is 0 Å². The number of rotatable bonds is 5. The van der Waals surface area contributed by atoms with E-state index in [0.29, 0.717) is 5.92 Å². The quantitative estimate of drug-likeness (QED) is 0.527. The molecule has 0 saturated heterocycles. The third kappa shape index (κ3) is 4.85. The Morgan fingerprint density at radius 3 is 2.68 bits per heavy atom. The molecule has 0 N–H and O–H groups in total. The van der Waals surface area contributed by atoms with Crippen molar-refractivity contribution in [2.45, 2.75) is 26.1 Å². The van der Waals surface area contributed by atoms with E-state index in [1.54, 1.807) is 23.5 Å². The van der Waals surface area contributed by atoms with Crippen LogP contribution in [-0.4, -0.2) is 10.8 Å². The number of benzene rings is 1. The Bertz CT molecular complexity index is 675. The van der Waals surface area contributed by atoms with Gasteiger partial charge in [0.2, 0.25) is 0 Å². The van der Waals surface area contributed by atoms with Crippen LogP contribution >= 0.6 is 48.1 Å². The van der Waals surface area contributed by atoms with Crippen molar-refractivity contribution < 1.29 is 13.5 Å². The summed E-state index contributed by atoms with van der Waals surface area (Å²) < 4.78 is 31.1. The lowest BCUT2D eigenvalue weighted by Gasteiger charge is -2.14. The molecule has 0 aliphatic heterocycles. The molecule has 0 aliphatic carbocycles. The molecule has 0 fully saturated rings. The van der Waals surface area contributed by atoms with E-state index in [0.717, 1.165) is 26.5 Å². The van der Waals surface area contributed by atoms with Crippen molar-refractivity contribution in [1.82, 2.24) is 4.98 Å². The molecular weight excluding hydrogens is 415 g/mol. The van der Waals surface area contributed by atoms with Gasteiger partial charge in [0.1, 0.15) is 5.75 Å². The van der Waals surface area contributed by atoms with E-state index >= 15 is 0 Å². The fourth-order valence-electron chi connectivity index (χ4n) is 1.94. The highest BCUT2D eigenvalue weighted by Crippen LogP contribution is 2.38. The highest BCUT2D eigenvalue weighted by molar-refractivity contribution is 9.11. The Labute approximate surface area is 147 Å². The molecule has 0 aliphatic rings. The van der Waals surface area contributed by atoms with Gasteiger partial charge < -0.3 is 4.74 Å². The molecule has 22 heavy (non-hydrogen) atoms. The second-order valence-electron chi connectivity index (χ2n) is 5.15. The summed E-state index contributed by atoms with van der Waals surface area (Å²) in [4.78, 5) is 5.59. The van der Waals surface area contributed by atoms with E-state index < -0.39 is 5.85 Å². The Balaban J connectivity index is 2.36. The Kier molecular flexibility index (Phi) is 5.81. The van der Waals surface area contributed by atoms with Crippen LogP contribution < -0.4 is 4.74 Å².